The SMILES string of the molecule is CCC(CC)(CC(=O)O)NC(=O)c1nnn(-c2cccc(C)c2)c1C. The van der Waals surface area contributed by atoms with Crippen LogP contribution >= 0.6 is 0 Å². The molecule has 0 fully saturated rings. The van der Waals surface area contributed by atoms with Crippen molar-refractivity contribution in [3.05, 3.63) is 41.2 Å². The number of nitrogens with one attached hydrogen (secondary N) is 1. The third kappa shape index (κ3) is 4.04. The molecule has 0 atom stereocenters. The van der Waals surface area contributed by atoms with Gasteiger partial charge in [0.1, 0.15) is 0 Å². The molecule has 134 valence electrons. The number of aliphatic carboxylic acids is 1. The zero-order valence-electron chi connectivity index (χ0n) is 15.0. The quantitative estimate of drug-likeness (QED) is 0.805. The van der Waals surface area contributed by atoms with E-state index in [1.165, 1.54) is 0 Å². The molecule has 1 aromatic heterocycles. The van der Waals surface area contributed by atoms with Gasteiger partial charge in [-0.3, -0.25) is 9.59 Å². The number of amides is 1. The van der Waals surface area contributed by atoms with Gasteiger partial charge >= 0.3 is 5.97 Å². The molecular weight excluding hydrogens is 320 g/mol. The van der Waals surface area contributed by atoms with Crippen LogP contribution in [0.15, 0.2) is 24.3 Å². The summed E-state index contributed by atoms with van der Waals surface area (Å²) in [5.74, 6) is -1.34. The molecule has 2 aromatic rings. The van der Waals surface area contributed by atoms with Crippen molar-refractivity contribution >= 4 is 11.9 Å². The van der Waals surface area contributed by atoms with Crippen LogP contribution in [0.2, 0.25) is 0 Å². The molecule has 0 radical (unpaired) electrons. The second kappa shape index (κ2) is 7.46. The highest BCUT2D eigenvalue weighted by molar-refractivity contribution is 5.94. The molecule has 0 aliphatic rings. The fourth-order valence-corrected chi connectivity index (χ4v) is 2.85. The molecule has 1 aromatic carbocycles. The fraction of sp³-hybridized carbons (Fsp3) is 0.444. The zero-order chi connectivity index (χ0) is 18.6. The number of aromatic nitrogens is 3. The van der Waals surface area contributed by atoms with Gasteiger partial charge in [-0.05, 0) is 44.4 Å². The number of hydrogen-bond acceptors (Lipinski definition) is 4. The standard InChI is InChI=1S/C18H24N4O3/c1-5-18(6-2,11-15(23)24)19-17(25)16-13(4)22(21-20-16)14-9-7-8-12(3)10-14/h7-10H,5-6,11H2,1-4H3,(H,19,25)(H,23,24). The summed E-state index contributed by atoms with van der Waals surface area (Å²) in [6.45, 7) is 7.48. The molecule has 0 unspecified atom stereocenters. The predicted octanol–water partition coefficient (Wildman–Crippen LogP) is 2.65. The van der Waals surface area contributed by atoms with E-state index in [2.05, 4.69) is 15.6 Å². The van der Waals surface area contributed by atoms with Crippen LogP contribution < -0.4 is 5.32 Å². The largest absolute Gasteiger partial charge is 0.481 e. The summed E-state index contributed by atoms with van der Waals surface area (Å²) in [7, 11) is 0. The van der Waals surface area contributed by atoms with Crippen molar-refractivity contribution in [3.63, 3.8) is 0 Å². The van der Waals surface area contributed by atoms with Gasteiger partial charge in [0, 0.05) is 0 Å². The number of aryl methyl sites for hydroxylation is 1. The summed E-state index contributed by atoms with van der Waals surface area (Å²) in [4.78, 5) is 23.8. The maximum atomic E-state index is 12.7. The van der Waals surface area contributed by atoms with Crippen LogP contribution in [0.1, 0.15) is 54.9 Å². The van der Waals surface area contributed by atoms with Gasteiger partial charge in [0.2, 0.25) is 0 Å². The van der Waals surface area contributed by atoms with Crippen LogP contribution in [0.5, 0.6) is 0 Å². The Balaban J connectivity index is 2.30. The highest BCUT2D eigenvalue weighted by Crippen LogP contribution is 2.21. The van der Waals surface area contributed by atoms with E-state index in [0.717, 1.165) is 11.3 Å². The number of carboxylic acid groups (broad SMARTS) is 1. The van der Waals surface area contributed by atoms with Crippen LogP contribution in [-0.4, -0.2) is 37.5 Å². The van der Waals surface area contributed by atoms with Crippen molar-refractivity contribution < 1.29 is 14.7 Å². The first kappa shape index (κ1) is 18.6. The van der Waals surface area contributed by atoms with E-state index in [9.17, 15) is 9.59 Å². The highest BCUT2D eigenvalue weighted by Gasteiger charge is 2.32. The maximum absolute atomic E-state index is 12.7. The average Bonchev–Trinajstić information content (AvgIpc) is 2.95. The van der Waals surface area contributed by atoms with E-state index in [-0.39, 0.29) is 12.1 Å². The first-order chi connectivity index (χ1) is 11.8. The zero-order valence-corrected chi connectivity index (χ0v) is 15.0. The summed E-state index contributed by atoms with van der Waals surface area (Å²) in [6.07, 6.45) is 0.913. The fourth-order valence-electron chi connectivity index (χ4n) is 2.85. The molecule has 0 saturated carbocycles. The van der Waals surface area contributed by atoms with E-state index in [0.29, 0.717) is 18.5 Å². The summed E-state index contributed by atoms with van der Waals surface area (Å²) in [6, 6.07) is 7.74. The third-order valence-electron chi connectivity index (χ3n) is 4.58. The second-order valence-corrected chi connectivity index (χ2v) is 6.29. The van der Waals surface area contributed by atoms with Crippen molar-refractivity contribution in [1.29, 1.82) is 0 Å². The molecule has 1 amide bonds. The van der Waals surface area contributed by atoms with Crippen molar-refractivity contribution in [1.82, 2.24) is 20.3 Å². The minimum atomic E-state index is -0.941. The number of carbonyl (C=O) groups is 2. The molecule has 7 nitrogen and oxygen atoms in total. The van der Waals surface area contributed by atoms with Crippen LogP contribution in [0.25, 0.3) is 5.69 Å². The van der Waals surface area contributed by atoms with Gasteiger partial charge in [-0.1, -0.05) is 31.2 Å². The van der Waals surface area contributed by atoms with Gasteiger partial charge in [0.15, 0.2) is 5.69 Å². The lowest BCUT2D eigenvalue weighted by Crippen LogP contribution is -2.49. The summed E-state index contributed by atoms with van der Waals surface area (Å²) < 4.78 is 1.61. The minimum Gasteiger partial charge on any atom is -0.481 e. The lowest BCUT2D eigenvalue weighted by molar-refractivity contribution is -0.138. The van der Waals surface area contributed by atoms with Crippen LogP contribution in [-0.2, 0) is 4.79 Å². The second-order valence-electron chi connectivity index (χ2n) is 6.29. The molecule has 0 spiro atoms. The maximum Gasteiger partial charge on any atom is 0.305 e. The average molecular weight is 344 g/mol. The van der Waals surface area contributed by atoms with E-state index in [4.69, 9.17) is 5.11 Å². The smallest absolute Gasteiger partial charge is 0.305 e. The van der Waals surface area contributed by atoms with Crippen molar-refractivity contribution in [2.75, 3.05) is 0 Å². The number of benzene rings is 1. The highest BCUT2D eigenvalue weighted by atomic mass is 16.4. The Labute approximate surface area is 147 Å². The molecular formula is C18H24N4O3. The van der Waals surface area contributed by atoms with Crippen molar-refractivity contribution in [2.24, 2.45) is 0 Å². The summed E-state index contributed by atoms with van der Waals surface area (Å²) in [5, 5.41) is 20.1. The number of hydrogen-bond donors (Lipinski definition) is 2. The topological polar surface area (TPSA) is 97.1 Å². The van der Waals surface area contributed by atoms with E-state index in [1.54, 1.807) is 11.6 Å². The Morgan fingerprint density at radius 1 is 1.24 bits per heavy atom. The van der Waals surface area contributed by atoms with Gasteiger partial charge in [-0.15, -0.1) is 5.10 Å². The van der Waals surface area contributed by atoms with Crippen LogP contribution in [0.3, 0.4) is 0 Å². The Hall–Kier alpha value is -2.70. The lowest BCUT2D eigenvalue weighted by Gasteiger charge is -2.31. The molecule has 2 rings (SSSR count). The van der Waals surface area contributed by atoms with E-state index in [1.807, 2.05) is 45.0 Å². The van der Waals surface area contributed by atoms with Crippen molar-refractivity contribution in [2.45, 2.75) is 52.5 Å². The number of nitrogens with zero attached hydrogens (tertiary/aromatic N) is 3. The first-order valence-corrected chi connectivity index (χ1v) is 8.35. The molecule has 1 heterocycles. The first-order valence-electron chi connectivity index (χ1n) is 8.35. The van der Waals surface area contributed by atoms with Gasteiger partial charge in [-0.2, -0.15) is 0 Å². The Morgan fingerprint density at radius 2 is 1.92 bits per heavy atom. The van der Waals surface area contributed by atoms with E-state index < -0.39 is 17.4 Å². The molecule has 25 heavy (non-hydrogen) atoms. The lowest BCUT2D eigenvalue weighted by atomic mass is 9.88. The summed E-state index contributed by atoms with van der Waals surface area (Å²) in [5.41, 5.74) is 1.93. The monoisotopic (exact) mass is 344 g/mol. The van der Waals surface area contributed by atoms with Crippen LogP contribution in [0.4, 0.5) is 0 Å². The van der Waals surface area contributed by atoms with Crippen molar-refractivity contribution in [3.8, 4) is 5.69 Å². The van der Waals surface area contributed by atoms with E-state index >= 15 is 0 Å². The predicted molar refractivity (Wildman–Crippen MR) is 93.9 cm³/mol. The Bertz CT molecular complexity index is 778. The molecule has 0 bridgehead atoms. The third-order valence-corrected chi connectivity index (χ3v) is 4.58. The van der Waals surface area contributed by atoms with Crippen LogP contribution in [0, 0.1) is 13.8 Å². The molecule has 0 aliphatic heterocycles. The van der Waals surface area contributed by atoms with Gasteiger partial charge < -0.3 is 10.4 Å². The molecule has 7 heteroatoms. The Morgan fingerprint density at radius 3 is 2.48 bits per heavy atom. The van der Waals surface area contributed by atoms with Gasteiger partial charge in [0.25, 0.3) is 5.91 Å². The summed E-state index contributed by atoms with van der Waals surface area (Å²) >= 11 is 0. The minimum absolute atomic E-state index is 0.128. The van der Waals surface area contributed by atoms with Gasteiger partial charge in [0.05, 0.1) is 23.3 Å². The Kier molecular flexibility index (Phi) is 5.56. The van der Waals surface area contributed by atoms with Gasteiger partial charge in [-0.25, -0.2) is 4.68 Å². The number of carboxylic acids is 1. The molecule has 0 saturated heterocycles. The molecule has 0 aliphatic carbocycles. The number of rotatable bonds is 7. The number of carbonyl (C=O) groups excluding carboxylic acids is 1. The molecule has 2 N–H and O–H groups in total. The normalized spacial score (nSPS) is 11.4.